The molecule has 1 aromatic heterocycles. The van der Waals surface area contributed by atoms with Crippen LogP contribution in [0.5, 0.6) is 5.75 Å². The normalized spacial score (nSPS) is 10.5. The van der Waals surface area contributed by atoms with Gasteiger partial charge in [0.25, 0.3) is 0 Å². The predicted octanol–water partition coefficient (Wildman–Crippen LogP) is 1.95. The molecule has 0 aliphatic carbocycles. The number of hydrogen-bond acceptors (Lipinski definition) is 3. The highest BCUT2D eigenvalue weighted by Gasteiger charge is 2.15. The zero-order valence-electron chi connectivity index (χ0n) is 8.06. The summed E-state index contributed by atoms with van der Waals surface area (Å²) in [5, 5.41) is 18.9. The van der Waals surface area contributed by atoms with Crippen molar-refractivity contribution in [1.29, 1.82) is 0 Å². The average molecular weight is 203 g/mol. The van der Waals surface area contributed by atoms with Gasteiger partial charge in [-0.2, -0.15) is 0 Å². The largest absolute Gasteiger partial charge is 0.505 e. The Bertz CT molecular complexity index is 549. The molecule has 0 amide bonds. The van der Waals surface area contributed by atoms with E-state index in [1.54, 1.807) is 12.1 Å². The summed E-state index contributed by atoms with van der Waals surface area (Å²) in [6.45, 7) is 1.85. The fourth-order valence-electron chi connectivity index (χ4n) is 1.59. The molecule has 2 N–H and O–H groups in total. The summed E-state index contributed by atoms with van der Waals surface area (Å²) >= 11 is 0. The minimum Gasteiger partial charge on any atom is -0.505 e. The topological polar surface area (TPSA) is 70.4 Å². The summed E-state index contributed by atoms with van der Waals surface area (Å²) in [5.41, 5.74) is 1.39. The summed E-state index contributed by atoms with van der Waals surface area (Å²) in [7, 11) is 0. The number of rotatable bonds is 1. The van der Waals surface area contributed by atoms with Crippen LogP contribution in [0.4, 0.5) is 0 Å². The van der Waals surface area contributed by atoms with Crippen molar-refractivity contribution in [3.8, 4) is 5.75 Å². The van der Waals surface area contributed by atoms with Crippen LogP contribution in [0, 0.1) is 6.92 Å². The van der Waals surface area contributed by atoms with E-state index in [1.165, 1.54) is 6.20 Å². The van der Waals surface area contributed by atoms with Gasteiger partial charge in [0.1, 0.15) is 11.3 Å². The molecule has 4 heteroatoms. The zero-order chi connectivity index (χ0) is 11.0. The maximum Gasteiger partial charge on any atom is 0.340 e. The van der Waals surface area contributed by atoms with Crippen molar-refractivity contribution in [3.05, 3.63) is 35.5 Å². The molecule has 4 nitrogen and oxygen atoms in total. The Balaban J connectivity index is 2.94. The Morgan fingerprint density at radius 3 is 2.80 bits per heavy atom. The number of aromatic nitrogens is 1. The van der Waals surface area contributed by atoms with E-state index in [1.807, 2.05) is 13.0 Å². The van der Waals surface area contributed by atoms with Gasteiger partial charge in [-0.3, -0.25) is 4.98 Å². The van der Waals surface area contributed by atoms with Crippen molar-refractivity contribution >= 4 is 16.9 Å². The van der Waals surface area contributed by atoms with Gasteiger partial charge in [-0.05, 0) is 12.5 Å². The van der Waals surface area contributed by atoms with E-state index in [9.17, 15) is 9.90 Å². The van der Waals surface area contributed by atoms with Crippen LogP contribution in [0.25, 0.3) is 10.9 Å². The highest BCUT2D eigenvalue weighted by Crippen LogP contribution is 2.26. The molecule has 0 fully saturated rings. The number of pyridine rings is 1. The second kappa shape index (κ2) is 3.24. The van der Waals surface area contributed by atoms with Crippen molar-refractivity contribution in [2.24, 2.45) is 0 Å². The van der Waals surface area contributed by atoms with E-state index >= 15 is 0 Å². The van der Waals surface area contributed by atoms with Crippen LogP contribution in [0.2, 0.25) is 0 Å². The Morgan fingerprint density at radius 1 is 1.40 bits per heavy atom. The molecule has 0 saturated carbocycles. The monoisotopic (exact) mass is 203 g/mol. The summed E-state index contributed by atoms with van der Waals surface area (Å²) in [4.78, 5) is 15.0. The van der Waals surface area contributed by atoms with Gasteiger partial charge >= 0.3 is 5.97 Å². The molecule has 2 rings (SSSR count). The van der Waals surface area contributed by atoms with Crippen LogP contribution in [-0.2, 0) is 0 Å². The minimum atomic E-state index is -1.15. The predicted molar refractivity (Wildman–Crippen MR) is 55.1 cm³/mol. The second-order valence-corrected chi connectivity index (χ2v) is 3.29. The second-order valence-electron chi connectivity index (χ2n) is 3.29. The van der Waals surface area contributed by atoms with Crippen LogP contribution >= 0.6 is 0 Å². The molecule has 1 heterocycles. The number of benzene rings is 1. The van der Waals surface area contributed by atoms with Gasteiger partial charge in [-0.15, -0.1) is 0 Å². The number of aromatic hydroxyl groups is 1. The quantitative estimate of drug-likeness (QED) is 0.743. The van der Waals surface area contributed by atoms with Gasteiger partial charge in [0.2, 0.25) is 0 Å². The SMILES string of the molecule is Cc1cccc2c(C(=O)O)c(O)cnc12. The number of carbonyl (C=O) groups is 1. The molecule has 0 atom stereocenters. The molecule has 1 aromatic carbocycles. The summed E-state index contributed by atoms with van der Waals surface area (Å²) < 4.78 is 0. The fourth-order valence-corrected chi connectivity index (χ4v) is 1.59. The van der Waals surface area contributed by atoms with Crippen LogP contribution in [-0.4, -0.2) is 21.2 Å². The van der Waals surface area contributed by atoms with Crippen molar-refractivity contribution in [2.75, 3.05) is 0 Å². The van der Waals surface area contributed by atoms with Crippen molar-refractivity contribution in [1.82, 2.24) is 4.98 Å². The summed E-state index contributed by atoms with van der Waals surface area (Å²) in [6, 6.07) is 5.22. The zero-order valence-corrected chi connectivity index (χ0v) is 8.06. The maximum atomic E-state index is 11.0. The number of hydrogen-bond donors (Lipinski definition) is 2. The third kappa shape index (κ3) is 1.40. The van der Waals surface area contributed by atoms with Gasteiger partial charge in [0.05, 0.1) is 11.7 Å². The number of aromatic carboxylic acids is 1. The smallest absolute Gasteiger partial charge is 0.340 e. The van der Waals surface area contributed by atoms with Gasteiger partial charge in [-0.1, -0.05) is 18.2 Å². The third-order valence-electron chi connectivity index (χ3n) is 2.29. The first kappa shape index (κ1) is 9.45. The number of nitrogens with zero attached hydrogens (tertiary/aromatic N) is 1. The lowest BCUT2D eigenvalue weighted by Crippen LogP contribution is -1.99. The molecule has 15 heavy (non-hydrogen) atoms. The highest BCUT2D eigenvalue weighted by atomic mass is 16.4. The molecule has 0 aliphatic rings. The number of carboxylic acids is 1. The Labute approximate surface area is 85.8 Å². The maximum absolute atomic E-state index is 11.0. The number of fused-ring (bicyclic) bond motifs is 1. The molecule has 0 saturated heterocycles. The highest BCUT2D eigenvalue weighted by molar-refractivity contribution is 6.05. The summed E-state index contributed by atoms with van der Waals surface area (Å²) in [6.07, 6.45) is 1.17. The van der Waals surface area contributed by atoms with Gasteiger partial charge < -0.3 is 10.2 Å². The minimum absolute atomic E-state index is 0.0938. The first-order chi connectivity index (χ1) is 7.11. The van der Waals surface area contributed by atoms with Gasteiger partial charge in [0.15, 0.2) is 0 Å². The first-order valence-corrected chi connectivity index (χ1v) is 4.42. The number of carboxylic acid groups (broad SMARTS) is 1. The van der Waals surface area contributed by atoms with E-state index in [0.717, 1.165) is 5.56 Å². The molecule has 0 spiro atoms. The first-order valence-electron chi connectivity index (χ1n) is 4.42. The lowest BCUT2D eigenvalue weighted by Gasteiger charge is -2.05. The summed E-state index contributed by atoms with van der Waals surface area (Å²) in [5.74, 6) is -1.45. The lowest BCUT2D eigenvalue weighted by atomic mass is 10.1. The molecule has 0 unspecified atom stereocenters. The van der Waals surface area contributed by atoms with E-state index in [0.29, 0.717) is 10.9 Å². The Morgan fingerprint density at radius 2 is 2.13 bits per heavy atom. The van der Waals surface area contributed by atoms with Crippen LogP contribution in [0.15, 0.2) is 24.4 Å². The van der Waals surface area contributed by atoms with Crippen molar-refractivity contribution in [3.63, 3.8) is 0 Å². The van der Waals surface area contributed by atoms with E-state index in [4.69, 9.17) is 5.11 Å². The Hall–Kier alpha value is -2.10. The molecule has 2 aromatic rings. The standard InChI is InChI=1S/C11H9NO3/c1-6-3-2-4-7-9(11(14)15)8(13)5-12-10(6)7/h2-5,13H,1H3,(H,14,15). The van der Waals surface area contributed by atoms with E-state index in [2.05, 4.69) is 4.98 Å². The number of para-hydroxylation sites is 1. The van der Waals surface area contributed by atoms with E-state index < -0.39 is 5.97 Å². The number of aryl methyl sites for hydroxylation is 1. The molecule has 76 valence electrons. The van der Waals surface area contributed by atoms with Crippen LogP contribution < -0.4 is 0 Å². The van der Waals surface area contributed by atoms with Crippen molar-refractivity contribution < 1.29 is 15.0 Å². The van der Waals surface area contributed by atoms with Gasteiger partial charge in [-0.25, -0.2) is 4.79 Å². The molecular formula is C11H9NO3. The molecule has 0 aliphatic heterocycles. The van der Waals surface area contributed by atoms with E-state index in [-0.39, 0.29) is 11.3 Å². The average Bonchev–Trinajstić information content (AvgIpc) is 2.17. The van der Waals surface area contributed by atoms with Crippen molar-refractivity contribution in [2.45, 2.75) is 6.92 Å². The Kier molecular flexibility index (Phi) is 2.04. The fraction of sp³-hybridized carbons (Fsp3) is 0.0909. The third-order valence-corrected chi connectivity index (χ3v) is 2.29. The molecular weight excluding hydrogens is 194 g/mol. The van der Waals surface area contributed by atoms with Crippen LogP contribution in [0.1, 0.15) is 15.9 Å². The van der Waals surface area contributed by atoms with Crippen LogP contribution in [0.3, 0.4) is 0 Å². The van der Waals surface area contributed by atoms with Gasteiger partial charge in [0, 0.05) is 5.39 Å². The molecule has 0 radical (unpaired) electrons. The lowest BCUT2D eigenvalue weighted by molar-refractivity contribution is 0.0696. The molecule has 0 bridgehead atoms.